The molecule has 0 saturated heterocycles. The number of carbonyl (C=O) groups is 3. The van der Waals surface area contributed by atoms with E-state index >= 15 is 0 Å². The van der Waals surface area contributed by atoms with E-state index in [-0.39, 0.29) is 17.9 Å². The van der Waals surface area contributed by atoms with E-state index in [9.17, 15) is 24.6 Å². The fourth-order valence-electron chi connectivity index (χ4n) is 4.00. The molecule has 0 aromatic heterocycles. The zero-order valence-corrected chi connectivity index (χ0v) is 21.8. The predicted molar refractivity (Wildman–Crippen MR) is 147 cm³/mol. The molecule has 0 spiro atoms. The molecule has 0 aliphatic heterocycles. The predicted octanol–water partition coefficient (Wildman–Crippen LogP) is -4.15. The van der Waals surface area contributed by atoms with Gasteiger partial charge in [-0.1, -0.05) is 39.6 Å². The Labute approximate surface area is 214 Å². The molecule has 0 radical (unpaired) electrons. The molecule has 12 heteroatoms. The van der Waals surface area contributed by atoms with Gasteiger partial charge in [-0.3, -0.25) is 9.59 Å². The summed E-state index contributed by atoms with van der Waals surface area (Å²) in [5.41, 5.74) is 12.4. The standard InChI is InChI=1S/C24H34B3N3O6/c1-11-15(25)10-14(21(27)20(11)26)5-6-17(23(34)29-12(2)24(35)36-3)30-22(33)16(28)8-13-4-7-18(31)19(32)9-13/h4,7,9-10,12,16-17,31-32H,5-6,8,25-28H2,1-3H3,(H,29,34)(H,30,33)/t12?,16-,17?/m0/s1. The maximum absolute atomic E-state index is 13.0. The van der Waals surface area contributed by atoms with Crippen molar-refractivity contribution in [1.82, 2.24) is 10.6 Å². The molecule has 2 unspecified atom stereocenters. The van der Waals surface area contributed by atoms with Crippen molar-refractivity contribution in [2.24, 2.45) is 5.73 Å². The van der Waals surface area contributed by atoms with E-state index in [1.54, 1.807) is 6.07 Å². The maximum Gasteiger partial charge on any atom is 0.328 e. The van der Waals surface area contributed by atoms with Crippen LogP contribution < -0.4 is 32.8 Å². The molecular formula is C24H34B3N3O6. The topological polar surface area (TPSA) is 151 Å². The van der Waals surface area contributed by atoms with Crippen molar-refractivity contribution in [3.63, 3.8) is 0 Å². The fraction of sp³-hybridized carbons (Fsp3) is 0.375. The van der Waals surface area contributed by atoms with E-state index in [1.807, 2.05) is 15.7 Å². The van der Waals surface area contributed by atoms with Crippen LogP contribution in [0.3, 0.4) is 0 Å². The largest absolute Gasteiger partial charge is 0.504 e. The lowest BCUT2D eigenvalue weighted by Gasteiger charge is -2.23. The third-order valence-electron chi connectivity index (χ3n) is 6.67. The number of phenols is 2. The maximum atomic E-state index is 13.0. The van der Waals surface area contributed by atoms with Gasteiger partial charge in [-0.2, -0.15) is 0 Å². The van der Waals surface area contributed by atoms with E-state index in [2.05, 4.69) is 36.2 Å². The van der Waals surface area contributed by atoms with E-state index in [0.717, 1.165) is 16.5 Å². The van der Waals surface area contributed by atoms with Gasteiger partial charge in [0, 0.05) is 0 Å². The third-order valence-corrected chi connectivity index (χ3v) is 6.67. The van der Waals surface area contributed by atoms with Crippen LogP contribution in [0.2, 0.25) is 0 Å². The molecule has 2 amide bonds. The summed E-state index contributed by atoms with van der Waals surface area (Å²) in [4.78, 5) is 37.7. The first-order valence-corrected chi connectivity index (χ1v) is 11.9. The van der Waals surface area contributed by atoms with Crippen molar-refractivity contribution in [2.45, 2.75) is 51.2 Å². The van der Waals surface area contributed by atoms with Gasteiger partial charge in [0.15, 0.2) is 11.5 Å². The number of hydrogen-bond acceptors (Lipinski definition) is 7. The highest BCUT2D eigenvalue weighted by molar-refractivity contribution is 6.51. The van der Waals surface area contributed by atoms with Gasteiger partial charge in [-0.25, -0.2) is 4.79 Å². The van der Waals surface area contributed by atoms with Crippen molar-refractivity contribution >= 4 is 57.7 Å². The summed E-state index contributed by atoms with van der Waals surface area (Å²) < 4.78 is 4.68. The minimum atomic E-state index is -1.01. The Morgan fingerprint density at radius 2 is 1.69 bits per heavy atom. The Bertz CT molecular complexity index is 1140. The van der Waals surface area contributed by atoms with Crippen molar-refractivity contribution in [1.29, 1.82) is 0 Å². The monoisotopic (exact) mass is 493 g/mol. The van der Waals surface area contributed by atoms with E-state index in [0.29, 0.717) is 18.4 Å². The molecule has 2 rings (SSSR count). The number of aromatic hydroxyl groups is 2. The summed E-state index contributed by atoms with van der Waals surface area (Å²) in [5, 5.41) is 24.5. The lowest BCUT2D eigenvalue weighted by atomic mass is 9.70. The Morgan fingerprint density at radius 1 is 1.03 bits per heavy atom. The second-order valence-corrected chi connectivity index (χ2v) is 9.21. The number of amides is 2. The van der Waals surface area contributed by atoms with Gasteiger partial charge in [0.1, 0.15) is 35.6 Å². The molecule has 3 atom stereocenters. The highest BCUT2D eigenvalue weighted by Crippen LogP contribution is 2.25. The number of benzene rings is 2. The average molecular weight is 493 g/mol. The molecular weight excluding hydrogens is 459 g/mol. The van der Waals surface area contributed by atoms with Gasteiger partial charge in [0.25, 0.3) is 0 Å². The number of carbonyl (C=O) groups excluding carboxylic acids is 3. The smallest absolute Gasteiger partial charge is 0.328 e. The van der Waals surface area contributed by atoms with Crippen LogP contribution in [-0.2, 0) is 32.0 Å². The molecule has 9 nitrogen and oxygen atoms in total. The number of rotatable bonds is 10. The summed E-state index contributed by atoms with van der Waals surface area (Å²) in [6, 6.07) is 3.45. The quantitative estimate of drug-likeness (QED) is 0.128. The molecule has 36 heavy (non-hydrogen) atoms. The Hall–Kier alpha value is -3.40. The van der Waals surface area contributed by atoms with Crippen LogP contribution in [0, 0.1) is 6.92 Å². The lowest BCUT2D eigenvalue weighted by molar-refractivity contribution is -0.144. The average Bonchev–Trinajstić information content (AvgIpc) is 2.84. The number of esters is 1. The van der Waals surface area contributed by atoms with Gasteiger partial charge < -0.3 is 31.3 Å². The summed E-state index contributed by atoms with van der Waals surface area (Å²) in [6.45, 7) is 3.57. The van der Waals surface area contributed by atoms with Crippen molar-refractivity contribution in [2.75, 3.05) is 7.11 Å². The summed E-state index contributed by atoms with van der Waals surface area (Å²) >= 11 is 0. The molecule has 2 aromatic rings. The number of nitrogens with two attached hydrogens (primary N) is 1. The third kappa shape index (κ3) is 7.30. The van der Waals surface area contributed by atoms with Gasteiger partial charge in [-0.15, -0.1) is 0 Å². The lowest BCUT2D eigenvalue weighted by Crippen LogP contribution is -2.54. The molecule has 0 aliphatic rings. The van der Waals surface area contributed by atoms with Crippen LogP contribution in [0.1, 0.15) is 30.0 Å². The van der Waals surface area contributed by atoms with Gasteiger partial charge >= 0.3 is 5.97 Å². The van der Waals surface area contributed by atoms with Gasteiger partial charge in [-0.05, 0) is 50.8 Å². The highest BCUT2D eigenvalue weighted by Gasteiger charge is 2.27. The van der Waals surface area contributed by atoms with Crippen LogP contribution in [0.15, 0.2) is 24.3 Å². The molecule has 2 aromatic carbocycles. The molecule has 0 heterocycles. The minimum absolute atomic E-state index is 0.0854. The Kier molecular flexibility index (Phi) is 10.0. The number of aryl methyl sites for hydroxylation is 1. The SMILES string of the molecule is Bc1cc(CCC(NC(=O)[C@@H](N)Cc2ccc(O)c(O)c2)C(=O)NC(C)C(=O)OC)c(B)c(B)c1C. The Morgan fingerprint density at radius 3 is 2.31 bits per heavy atom. The first kappa shape index (κ1) is 28.8. The van der Waals surface area contributed by atoms with Crippen molar-refractivity contribution in [3.05, 3.63) is 41.0 Å². The first-order valence-electron chi connectivity index (χ1n) is 11.9. The van der Waals surface area contributed by atoms with E-state index < -0.39 is 35.9 Å². The summed E-state index contributed by atoms with van der Waals surface area (Å²) in [6.07, 6.45) is 0.906. The summed E-state index contributed by atoms with van der Waals surface area (Å²) in [7, 11) is 7.36. The number of hydrogen-bond donors (Lipinski definition) is 5. The van der Waals surface area contributed by atoms with E-state index in [1.165, 1.54) is 37.2 Å². The number of phenolic OH excluding ortho intramolecular Hbond substituents is 2. The van der Waals surface area contributed by atoms with Crippen LogP contribution >= 0.6 is 0 Å². The van der Waals surface area contributed by atoms with E-state index in [4.69, 9.17) is 5.73 Å². The first-order chi connectivity index (χ1) is 16.8. The van der Waals surface area contributed by atoms with Crippen LogP contribution in [0.4, 0.5) is 0 Å². The second-order valence-electron chi connectivity index (χ2n) is 9.21. The zero-order chi connectivity index (χ0) is 27.2. The highest BCUT2D eigenvalue weighted by atomic mass is 16.5. The second kappa shape index (κ2) is 12.5. The summed E-state index contributed by atoms with van der Waals surface area (Å²) in [5.74, 6) is -2.26. The molecule has 0 saturated carbocycles. The molecule has 0 aliphatic carbocycles. The zero-order valence-electron chi connectivity index (χ0n) is 21.8. The van der Waals surface area contributed by atoms with Crippen LogP contribution in [-0.4, -0.2) is 76.8 Å². The molecule has 0 fully saturated rings. The number of nitrogens with one attached hydrogen (secondary N) is 2. The van der Waals surface area contributed by atoms with Crippen LogP contribution in [0.5, 0.6) is 11.5 Å². The van der Waals surface area contributed by atoms with Crippen LogP contribution in [0.25, 0.3) is 0 Å². The van der Waals surface area contributed by atoms with Gasteiger partial charge in [0.05, 0.1) is 13.2 Å². The normalized spacial score (nSPS) is 13.3. The Balaban J connectivity index is 2.19. The molecule has 6 N–H and O–H groups in total. The van der Waals surface area contributed by atoms with Crippen molar-refractivity contribution < 1.29 is 29.3 Å². The molecule has 190 valence electrons. The fourth-order valence-corrected chi connectivity index (χ4v) is 4.00. The minimum Gasteiger partial charge on any atom is -0.504 e. The number of methoxy groups -OCH3 is 1. The number of ether oxygens (including phenoxy) is 1. The molecule has 0 bridgehead atoms. The van der Waals surface area contributed by atoms with Gasteiger partial charge in [0.2, 0.25) is 11.8 Å². The van der Waals surface area contributed by atoms with Crippen molar-refractivity contribution in [3.8, 4) is 11.5 Å².